The second-order valence-corrected chi connectivity index (χ2v) is 8.05. The zero-order chi connectivity index (χ0) is 20.5. The van der Waals surface area contributed by atoms with Crippen LogP contribution in [0.5, 0.6) is 5.75 Å². The summed E-state index contributed by atoms with van der Waals surface area (Å²) in [5.74, 6) is 0.295. The van der Waals surface area contributed by atoms with Crippen LogP contribution in [0.15, 0.2) is 59.1 Å². The van der Waals surface area contributed by atoms with E-state index in [9.17, 15) is 10.1 Å². The van der Waals surface area contributed by atoms with Crippen LogP contribution in [0, 0.1) is 11.3 Å². The number of nitriles is 1. The van der Waals surface area contributed by atoms with Gasteiger partial charge in [0.25, 0.3) is 5.91 Å². The van der Waals surface area contributed by atoms with E-state index in [1.165, 1.54) is 5.56 Å². The Morgan fingerprint density at radius 1 is 1.11 bits per heavy atom. The van der Waals surface area contributed by atoms with Gasteiger partial charge >= 0.3 is 0 Å². The minimum atomic E-state index is -0.473. The first-order chi connectivity index (χ1) is 13.3. The van der Waals surface area contributed by atoms with Crippen molar-refractivity contribution in [3.8, 4) is 11.8 Å². The molecule has 1 aliphatic rings. The van der Waals surface area contributed by atoms with Gasteiger partial charge in [0.15, 0.2) is 0 Å². The number of nitrogens with zero attached hydrogens (tertiary/aromatic N) is 2. The number of anilines is 1. The van der Waals surface area contributed by atoms with Crippen LogP contribution >= 0.6 is 12.6 Å². The van der Waals surface area contributed by atoms with Crippen molar-refractivity contribution < 1.29 is 9.53 Å². The quantitative estimate of drug-likeness (QED) is 0.764. The molecule has 3 rings (SSSR count). The molecule has 6 heteroatoms. The number of thiol groups is 1. The fraction of sp³-hybridized carbons (Fsp3) is 0.273. The van der Waals surface area contributed by atoms with Crippen LogP contribution in [0.1, 0.15) is 38.1 Å². The molecule has 28 heavy (non-hydrogen) atoms. The number of carbonyl (C=O) groups excluding carboxylic acids is 1. The third-order valence-electron chi connectivity index (χ3n) is 4.76. The molecule has 1 unspecified atom stereocenters. The van der Waals surface area contributed by atoms with Crippen LogP contribution in [0.4, 0.5) is 5.69 Å². The minimum absolute atomic E-state index is 0.0123. The van der Waals surface area contributed by atoms with Crippen LogP contribution in [-0.2, 0) is 10.2 Å². The molecule has 1 N–H and O–H groups in total. The number of rotatable bonds is 3. The van der Waals surface area contributed by atoms with Gasteiger partial charge in [-0.15, -0.1) is 12.6 Å². The molecule has 2 aromatic rings. The molecule has 144 valence electrons. The van der Waals surface area contributed by atoms with Gasteiger partial charge in [-0.2, -0.15) is 5.26 Å². The summed E-state index contributed by atoms with van der Waals surface area (Å²) < 4.78 is 5.23. The summed E-state index contributed by atoms with van der Waals surface area (Å²) in [6.07, 6.45) is -0.473. The zero-order valence-corrected chi connectivity index (χ0v) is 17.2. The molecular formula is C22H23N3O2S. The minimum Gasteiger partial charge on any atom is -0.497 e. The molecule has 1 amide bonds. The average Bonchev–Trinajstić information content (AvgIpc) is 2.67. The number of benzene rings is 2. The van der Waals surface area contributed by atoms with Gasteiger partial charge in [-0.05, 0) is 40.8 Å². The topological polar surface area (TPSA) is 65.4 Å². The summed E-state index contributed by atoms with van der Waals surface area (Å²) in [5.41, 5.74) is 2.92. The van der Waals surface area contributed by atoms with E-state index in [4.69, 9.17) is 4.74 Å². The van der Waals surface area contributed by atoms with Crippen LogP contribution in [0.25, 0.3) is 0 Å². The van der Waals surface area contributed by atoms with Gasteiger partial charge in [0.1, 0.15) is 23.6 Å². The molecular weight excluding hydrogens is 370 g/mol. The van der Waals surface area contributed by atoms with Crippen molar-refractivity contribution in [1.82, 2.24) is 5.32 Å². The molecule has 2 aromatic carbocycles. The van der Waals surface area contributed by atoms with E-state index in [2.05, 4.69) is 50.8 Å². The SMILES string of the molecule is COc1ccc(N2C(S)=C(C#N)C(=O)NC2c2ccc(C(C)(C)C)cc2)cc1. The fourth-order valence-electron chi connectivity index (χ4n) is 3.12. The highest BCUT2D eigenvalue weighted by Gasteiger charge is 2.34. The molecule has 0 spiro atoms. The largest absolute Gasteiger partial charge is 0.497 e. The predicted octanol–water partition coefficient (Wildman–Crippen LogP) is 4.29. The summed E-state index contributed by atoms with van der Waals surface area (Å²) in [7, 11) is 1.60. The lowest BCUT2D eigenvalue weighted by atomic mass is 9.86. The summed E-state index contributed by atoms with van der Waals surface area (Å²) in [5, 5.41) is 12.6. The van der Waals surface area contributed by atoms with Gasteiger partial charge in [0, 0.05) is 5.69 Å². The number of hydrogen-bond acceptors (Lipinski definition) is 5. The van der Waals surface area contributed by atoms with Gasteiger partial charge in [-0.3, -0.25) is 4.79 Å². The Labute approximate surface area is 171 Å². The van der Waals surface area contributed by atoms with E-state index in [1.54, 1.807) is 7.11 Å². The van der Waals surface area contributed by atoms with Crippen molar-refractivity contribution >= 4 is 24.2 Å². The third-order valence-corrected chi connectivity index (χ3v) is 5.20. The van der Waals surface area contributed by atoms with Gasteiger partial charge in [-0.25, -0.2) is 0 Å². The van der Waals surface area contributed by atoms with Gasteiger partial charge in [0.05, 0.1) is 12.1 Å². The Kier molecular flexibility index (Phi) is 5.39. The molecule has 1 heterocycles. The van der Waals surface area contributed by atoms with E-state index < -0.39 is 12.1 Å². The van der Waals surface area contributed by atoms with Crippen molar-refractivity contribution in [3.63, 3.8) is 0 Å². The highest BCUT2D eigenvalue weighted by molar-refractivity contribution is 7.84. The van der Waals surface area contributed by atoms with E-state index in [0.717, 1.165) is 17.0 Å². The highest BCUT2D eigenvalue weighted by Crippen LogP contribution is 2.36. The molecule has 0 radical (unpaired) electrons. The molecule has 1 atom stereocenters. The highest BCUT2D eigenvalue weighted by atomic mass is 32.1. The first kappa shape index (κ1) is 19.8. The number of methoxy groups -OCH3 is 1. The van der Waals surface area contributed by atoms with Crippen molar-refractivity contribution in [1.29, 1.82) is 5.26 Å². The fourth-order valence-corrected chi connectivity index (χ4v) is 3.50. The molecule has 0 saturated carbocycles. The van der Waals surface area contributed by atoms with E-state index in [0.29, 0.717) is 5.03 Å². The van der Waals surface area contributed by atoms with Crippen LogP contribution < -0.4 is 15.0 Å². The maximum Gasteiger partial charge on any atom is 0.266 e. The van der Waals surface area contributed by atoms with Crippen LogP contribution in [0.2, 0.25) is 0 Å². The molecule has 0 aliphatic carbocycles. The summed E-state index contributed by atoms with van der Waals surface area (Å²) >= 11 is 4.52. The van der Waals surface area contributed by atoms with E-state index >= 15 is 0 Å². The molecule has 1 aliphatic heterocycles. The Balaban J connectivity index is 2.08. The van der Waals surface area contributed by atoms with Crippen molar-refractivity contribution in [2.45, 2.75) is 32.4 Å². The Morgan fingerprint density at radius 2 is 1.71 bits per heavy atom. The van der Waals surface area contributed by atoms with Crippen molar-refractivity contribution in [3.05, 3.63) is 70.3 Å². The van der Waals surface area contributed by atoms with Gasteiger partial charge in [0.2, 0.25) is 0 Å². The zero-order valence-electron chi connectivity index (χ0n) is 16.4. The number of carbonyl (C=O) groups is 1. The molecule has 5 nitrogen and oxygen atoms in total. The first-order valence-electron chi connectivity index (χ1n) is 8.94. The second-order valence-electron chi connectivity index (χ2n) is 7.63. The molecule has 0 bridgehead atoms. The number of amides is 1. The van der Waals surface area contributed by atoms with Crippen molar-refractivity contribution in [2.24, 2.45) is 0 Å². The Bertz CT molecular complexity index is 951. The predicted molar refractivity (Wildman–Crippen MR) is 113 cm³/mol. The number of hydrogen-bond donors (Lipinski definition) is 2. The van der Waals surface area contributed by atoms with Gasteiger partial charge in [-0.1, -0.05) is 45.0 Å². The summed E-state index contributed by atoms with van der Waals surface area (Å²) in [4.78, 5) is 14.3. The number of ether oxygens (including phenoxy) is 1. The van der Waals surface area contributed by atoms with E-state index in [-0.39, 0.29) is 11.0 Å². The average molecular weight is 394 g/mol. The lowest BCUT2D eigenvalue weighted by Gasteiger charge is -2.38. The molecule has 0 aromatic heterocycles. The Hall–Kier alpha value is -2.91. The maximum absolute atomic E-state index is 12.4. The lowest BCUT2D eigenvalue weighted by Crippen LogP contribution is -2.46. The smallest absolute Gasteiger partial charge is 0.266 e. The third kappa shape index (κ3) is 3.71. The first-order valence-corrected chi connectivity index (χ1v) is 9.39. The van der Waals surface area contributed by atoms with E-state index in [1.807, 2.05) is 47.4 Å². The standard InChI is InChI=1S/C22H23N3O2S/c1-22(2,3)15-7-5-14(6-8-15)19-24-20(26)18(13-23)21(28)25(19)16-9-11-17(27-4)12-10-16/h5-12,19,28H,1-4H3,(H,24,26). The van der Waals surface area contributed by atoms with Crippen LogP contribution in [-0.4, -0.2) is 13.0 Å². The van der Waals surface area contributed by atoms with Crippen molar-refractivity contribution in [2.75, 3.05) is 12.0 Å². The summed E-state index contributed by atoms with van der Waals surface area (Å²) in [6, 6.07) is 17.5. The molecule has 0 saturated heterocycles. The normalized spacial score (nSPS) is 17.2. The second kappa shape index (κ2) is 7.61. The van der Waals surface area contributed by atoms with Gasteiger partial charge < -0.3 is 15.0 Å². The monoisotopic (exact) mass is 393 g/mol. The Morgan fingerprint density at radius 3 is 2.21 bits per heavy atom. The van der Waals surface area contributed by atoms with Crippen LogP contribution in [0.3, 0.4) is 0 Å². The lowest BCUT2D eigenvalue weighted by molar-refractivity contribution is -0.118. The number of nitrogens with one attached hydrogen (secondary N) is 1. The summed E-state index contributed by atoms with van der Waals surface area (Å²) in [6.45, 7) is 6.46. The maximum atomic E-state index is 12.4. The molecule has 0 fully saturated rings.